The lowest BCUT2D eigenvalue weighted by atomic mass is 10.1. The number of rotatable bonds is 4. The van der Waals surface area contributed by atoms with Crippen LogP contribution in [0.25, 0.3) is 11.3 Å². The first-order valence-corrected chi connectivity index (χ1v) is 9.32. The Morgan fingerprint density at radius 2 is 1.96 bits per heavy atom. The van der Waals surface area contributed by atoms with Crippen molar-refractivity contribution in [1.29, 1.82) is 0 Å². The van der Waals surface area contributed by atoms with Gasteiger partial charge < -0.3 is 9.47 Å². The molecule has 136 valence electrons. The lowest BCUT2D eigenvalue weighted by Gasteiger charge is -2.18. The predicted molar refractivity (Wildman–Crippen MR) is 106 cm³/mol. The minimum Gasteiger partial charge on any atom is -0.371 e. The lowest BCUT2D eigenvalue weighted by molar-refractivity contribution is 0.523. The average Bonchev–Trinajstić information content (AvgIpc) is 3.27. The zero-order chi connectivity index (χ0) is 18.4. The van der Waals surface area contributed by atoms with E-state index < -0.39 is 0 Å². The predicted octanol–water partition coefficient (Wildman–Crippen LogP) is 3.75. The van der Waals surface area contributed by atoms with Crippen LogP contribution in [-0.4, -0.2) is 32.4 Å². The first kappa shape index (κ1) is 16.9. The van der Waals surface area contributed by atoms with E-state index in [1.807, 2.05) is 12.5 Å². The van der Waals surface area contributed by atoms with Gasteiger partial charge in [0.25, 0.3) is 0 Å². The van der Waals surface area contributed by atoms with Gasteiger partial charge in [0, 0.05) is 36.6 Å². The number of anilines is 1. The number of hydrogen-bond donors (Lipinski definition) is 0. The van der Waals surface area contributed by atoms with Crippen molar-refractivity contribution in [3.8, 4) is 11.3 Å². The van der Waals surface area contributed by atoms with Gasteiger partial charge >= 0.3 is 0 Å². The Kier molecular flexibility index (Phi) is 4.10. The Morgan fingerprint density at radius 1 is 1.15 bits per heavy atom. The van der Waals surface area contributed by atoms with Crippen LogP contribution in [0.1, 0.15) is 29.4 Å². The fraction of sp³-hybridized carbons (Fsp3) is 0.429. The van der Waals surface area contributed by atoms with Crippen molar-refractivity contribution < 1.29 is 0 Å². The molecule has 1 aliphatic heterocycles. The Balaban J connectivity index is 1.58. The SMILES string of the molecule is Cc1nn(CCn2cncc2-c2ccc3c(c2)C[C@H](C)N3C)c(C)c1C. The summed E-state index contributed by atoms with van der Waals surface area (Å²) in [6, 6.07) is 7.36. The summed E-state index contributed by atoms with van der Waals surface area (Å²) in [5.74, 6) is 0. The second-order valence-corrected chi connectivity index (χ2v) is 7.50. The molecule has 0 fully saturated rings. The number of likely N-dealkylation sites (N-methyl/N-ethyl adjacent to an activating group) is 1. The van der Waals surface area contributed by atoms with Crippen LogP contribution in [0.4, 0.5) is 5.69 Å². The average molecular weight is 349 g/mol. The van der Waals surface area contributed by atoms with Gasteiger partial charge in [0.1, 0.15) is 0 Å². The number of imidazole rings is 1. The zero-order valence-electron chi connectivity index (χ0n) is 16.3. The Hall–Kier alpha value is -2.56. The standard InChI is InChI=1S/C21H27N5/c1-14-10-19-11-18(6-7-20(19)24(14)5)21-12-22-13-25(21)8-9-26-17(4)15(2)16(3)23-26/h6-7,11-14H,8-10H2,1-5H3/t14-/m0/s1. The number of fused-ring (bicyclic) bond motifs is 1. The monoisotopic (exact) mass is 349 g/mol. The smallest absolute Gasteiger partial charge is 0.0951 e. The number of hydrogen-bond acceptors (Lipinski definition) is 3. The molecule has 5 heteroatoms. The Labute approximate surface area is 155 Å². The van der Waals surface area contributed by atoms with Gasteiger partial charge in [-0.3, -0.25) is 4.68 Å². The van der Waals surface area contributed by atoms with Crippen molar-refractivity contribution in [3.63, 3.8) is 0 Å². The van der Waals surface area contributed by atoms with Crippen molar-refractivity contribution in [2.45, 2.75) is 53.2 Å². The molecule has 1 aromatic carbocycles. The number of aromatic nitrogens is 4. The van der Waals surface area contributed by atoms with Crippen molar-refractivity contribution >= 4 is 5.69 Å². The molecular formula is C21H27N5. The van der Waals surface area contributed by atoms with Crippen LogP contribution in [0.3, 0.4) is 0 Å². The second-order valence-electron chi connectivity index (χ2n) is 7.50. The molecule has 0 N–H and O–H groups in total. The minimum absolute atomic E-state index is 0.569. The minimum atomic E-state index is 0.569. The van der Waals surface area contributed by atoms with Crippen LogP contribution in [0.2, 0.25) is 0 Å². The highest BCUT2D eigenvalue weighted by molar-refractivity contribution is 5.69. The van der Waals surface area contributed by atoms with Crippen LogP contribution in [-0.2, 0) is 19.5 Å². The molecule has 4 rings (SSSR count). The van der Waals surface area contributed by atoms with Gasteiger partial charge in [-0.2, -0.15) is 5.10 Å². The van der Waals surface area contributed by atoms with Crippen LogP contribution in [0, 0.1) is 20.8 Å². The van der Waals surface area contributed by atoms with Gasteiger partial charge in [0.05, 0.1) is 30.5 Å². The molecule has 0 aliphatic carbocycles. The molecule has 0 bridgehead atoms. The lowest BCUT2D eigenvalue weighted by Crippen LogP contribution is -2.23. The second kappa shape index (κ2) is 6.31. The van der Waals surface area contributed by atoms with Crippen LogP contribution < -0.4 is 4.90 Å². The summed E-state index contributed by atoms with van der Waals surface area (Å²) in [4.78, 5) is 6.76. The summed E-state index contributed by atoms with van der Waals surface area (Å²) in [5.41, 5.74) is 8.85. The van der Waals surface area contributed by atoms with E-state index in [-0.39, 0.29) is 0 Å². The van der Waals surface area contributed by atoms with Crippen molar-refractivity contribution in [1.82, 2.24) is 19.3 Å². The summed E-state index contributed by atoms with van der Waals surface area (Å²) in [7, 11) is 2.18. The molecule has 0 saturated heterocycles. The van der Waals surface area contributed by atoms with Gasteiger partial charge in [-0.25, -0.2) is 4.98 Å². The van der Waals surface area contributed by atoms with E-state index in [4.69, 9.17) is 0 Å². The first-order chi connectivity index (χ1) is 12.5. The maximum Gasteiger partial charge on any atom is 0.0951 e. The normalized spacial score (nSPS) is 16.3. The number of benzene rings is 1. The summed E-state index contributed by atoms with van der Waals surface area (Å²) in [6.45, 7) is 10.4. The van der Waals surface area contributed by atoms with Crippen molar-refractivity contribution in [2.24, 2.45) is 0 Å². The third-order valence-electron chi connectivity index (χ3n) is 5.94. The van der Waals surface area contributed by atoms with Gasteiger partial charge in [-0.15, -0.1) is 0 Å². The van der Waals surface area contributed by atoms with Crippen LogP contribution >= 0.6 is 0 Å². The molecule has 0 saturated carbocycles. The summed E-state index contributed by atoms with van der Waals surface area (Å²) in [5, 5.41) is 4.65. The quantitative estimate of drug-likeness (QED) is 0.720. The van der Waals surface area contributed by atoms with E-state index in [1.54, 1.807) is 0 Å². The maximum atomic E-state index is 4.65. The third kappa shape index (κ3) is 2.71. The molecule has 5 nitrogen and oxygen atoms in total. The maximum absolute atomic E-state index is 4.65. The summed E-state index contributed by atoms with van der Waals surface area (Å²) in [6.07, 6.45) is 5.00. The van der Waals surface area contributed by atoms with E-state index in [0.29, 0.717) is 6.04 Å². The first-order valence-electron chi connectivity index (χ1n) is 9.32. The molecular weight excluding hydrogens is 322 g/mol. The Bertz CT molecular complexity index is 949. The fourth-order valence-corrected chi connectivity index (χ4v) is 3.89. The molecule has 1 aliphatic rings. The van der Waals surface area contributed by atoms with E-state index in [1.165, 1.54) is 33.8 Å². The molecule has 2 aromatic heterocycles. The molecule has 0 unspecified atom stereocenters. The number of nitrogens with zero attached hydrogens (tertiary/aromatic N) is 5. The molecule has 1 atom stereocenters. The zero-order valence-corrected chi connectivity index (χ0v) is 16.3. The highest BCUT2D eigenvalue weighted by atomic mass is 15.3. The van der Waals surface area contributed by atoms with Gasteiger partial charge in [0.2, 0.25) is 0 Å². The van der Waals surface area contributed by atoms with E-state index in [0.717, 1.165) is 25.2 Å². The van der Waals surface area contributed by atoms with Gasteiger partial charge in [0.15, 0.2) is 0 Å². The largest absolute Gasteiger partial charge is 0.371 e. The fourth-order valence-electron chi connectivity index (χ4n) is 3.89. The van der Waals surface area contributed by atoms with Crippen molar-refractivity contribution in [3.05, 3.63) is 53.2 Å². The van der Waals surface area contributed by atoms with Crippen LogP contribution in [0.5, 0.6) is 0 Å². The molecule has 3 heterocycles. The number of aryl methyl sites for hydroxylation is 3. The molecule has 0 spiro atoms. The highest BCUT2D eigenvalue weighted by Crippen LogP contribution is 2.34. The molecule has 26 heavy (non-hydrogen) atoms. The van der Waals surface area contributed by atoms with Gasteiger partial charge in [-0.05, 0) is 57.4 Å². The molecule has 0 amide bonds. The Morgan fingerprint density at radius 3 is 2.69 bits per heavy atom. The highest BCUT2D eigenvalue weighted by Gasteiger charge is 2.23. The topological polar surface area (TPSA) is 38.9 Å². The molecule has 3 aromatic rings. The third-order valence-corrected chi connectivity index (χ3v) is 5.94. The molecule has 0 radical (unpaired) electrons. The van der Waals surface area contributed by atoms with Crippen LogP contribution in [0.15, 0.2) is 30.7 Å². The summed E-state index contributed by atoms with van der Waals surface area (Å²) >= 11 is 0. The van der Waals surface area contributed by atoms with E-state index >= 15 is 0 Å². The van der Waals surface area contributed by atoms with Gasteiger partial charge in [-0.1, -0.05) is 6.07 Å². The van der Waals surface area contributed by atoms with E-state index in [9.17, 15) is 0 Å². The van der Waals surface area contributed by atoms with Crippen molar-refractivity contribution in [2.75, 3.05) is 11.9 Å². The van der Waals surface area contributed by atoms with E-state index in [2.05, 4.69) is 77.2 Å². The summed E-state index contributed by atoms with van der Waals surface area (Å²) < 4.78 is 4.34.